The number of nitrogens with zero attached hydrogens (tertiary/aromatic N) is 5. The maximum absolute atomic E-state index is 15.7. The van der Waals surface area contributed by atoms with E-state index in [-0.39, 0.29) is 32.0 Å². The van der Waals surface area contributed by atoms with Crippen molar-refractivity contribution in [1.29, 1.82) is 0 Å². The number of halogens is 3. The summed E-state index contributed by atoms with van der Waals surface area (Å²) in [6.45, 7) is 0. The summed E-state index contributed by atoms with van der Waals surface area (Å²) in [5, 5.41) is 2.97. The number of sulfonamides is 2. The third-order valence-electron chi connectivity index (χ3n) is 6.85. The molecule has 3 heterocycles. The lowest BCUT2D eigenvalue weighted by atomic mass is 10.2. The van der Waals surface area contributed by atoms with Gasteiger partial charge in [-0.2, -0.15) is 0 Å². The quantitative estimate of drug-likeness (QED) is 0.211. The molecule has 3 aromatic carbocycles. The molecule has 3 aromatic heterocycles. The summed E-state index contributed by atoms with van der Waals surface area (Å²) in [7, 11) is -5.29. The molecular weight excluding hydrogens is 648 g/mol. The van der Waals surface area contributed by atoms with E-state index in [2.05, 4.69) is 25.0 Å². The van der Waals surface area contributed by atoms with Crippen molar-refractivity contribution in [1.82, 2.24) is 23.8 Å². The highest BCUT2D eigenvalue weighted by molar-refractivity contribution is 7.92. The van der Waals surface area contributed by atoms with E-state index in [9.17, 15) is 16.8 Å². The number of para-hydroxylation sites is 1. The summed E-state index contributed by atoms with van der Waals surface area (Å²) in [5.41, 5.74) is -0.283. The average molecular weight is 670 g/mol. The molecule has 6 rings (SSSR count). The van der Waals surface area contributed by atoms with Crippen LogP contribution < -0.4 is 10.0 Å². The molecule has 45 heavy (non-hydrogen) atoms. The van der Waals surface area contributed by atoms with E-state index in [1.54, 1.807) is 41.0 Å². The highest BCUT2D eigenvalue weighted by atomic mass is 35.5. The van der Waals surface area contributed by atoms with Gasteiger partial charge >= 0.3 is 0 Å². The molecule has 0 unspecified atom stereocenters. The summed E-state index contributed by atoms with van der Waals surface area (Å²) >= 11 is 6.02. The van der Waals surface area contributed by atoms with Crippen molar-refractivity contribution in [2.24, 2.45) is 0 Å². The lowest BCUT2D eigenvalue weighted by Gasteiger charge is -2.15. The van der Waals surface area contributed by atoms with E-state index in [1.807, 2.05) is 0 Å². The van der Waals surface area contributed by atoms with Crippen LogP contribution in [0.5, 0.6) is 0 Å². The van der Waals surface area contributed by atoms with Gasteiger partial charge in [0.2, 0.25) is 10.0 Å². The van der Waals surface area contributed by atoms with Crippen LogP contribution in [-0.2, 0) is 20.0 Å². The number of anilines is 3. The highest BCUT2D eigenvalue weighted by Gasteiger charge is 2.25. The number of aromatic nitrogens is 4. The molecule has 0 atom stereocenters. The minimum Gasteiger partial charge on any atom is -0.333 e. The van der Waals surface area contributed by atoms with Gasteiger partial charge in [0.05, 0.1) is 21.7 Å². The number of hydrogen-bond acceptors (Lipinski definition) is 8. The predicted octanol–water partition coefficient (Wildman–Crippen LogP) is 5.70. The largest absolute Gasteiger partial charge is 0.333 e. The first kappa shape index (κ1) is 30.3. The van der Waals surface area contributed by atoms with E-state index in [0.29, 0.717) is 16.4 Å². The first-order valence-electron chi connectivity index (χ1n) is 13.1. The Hall–Kier alpha value is -4.70. The first-order chi connectivity index (χ1) is 21.4. The number of pyridine rings is 1. The molecule has 230 valence electrons. The maximum atomic E-state index is 15.7. The topological polar surface area (TPSA) is 139 Å². The number of rotatable bonds is 8. The number of hydrogen-bond donors (Lipinski definition) is 2. The summed E-state index contributed by atoms with van der Waals surface area (Å²) in [4.78, 5) is 12.7. The van der Waals surface area contributed by atoms with Crippen molar-refractivity contribution >= 4 is 70.8 Å². The van der Waals surface area contributed by atoms with Crippen LogP contribution in [0, 0.1) is 11.6 Å². The van der Waals surface area contributed by atoms with Gasteiger partial charge in [0.25, 0.3) is 10.0 Å². The van der Waals surface area contributed by atoms with E-state index in [0.717, 1.165) is 16.4 Å². The molecule has 0 saturated carbocycles. The molecule has 0 radical (unpaired) electrons. The summed E-state index contributed by atoms with van der Waals surface area (Å²) in [6.07, 6.45) is 2.61. The lowest BCUT2D eigenvalue weighted by Crippen LogP contribution is -2.21. The second-order valence-electron chi connectivity index (χ2n) is 9.87. The minimum absolute atomic E-state index is 0.0628. The number of benzene rings is 3. The second-order valence-corrected chi connectivity index (χ2v) is 14.1. The Labute approximate surface area is 261 Å². The zero-order valence-corrected chi connectivity index (χ0v) is 25.8. The van der Waals surface area contributed by atoms with E-state index >= 15 is 8.78 Å². The van der Waals surface area contributed by atoms with Gasteiger partial charge in [-0.05, 0) is 42.5 Å². The Morgan fingerprint density at radius 1 is 0.867 bits per heavy atom. The zero-order valence-electron chi connectivity index (χ0n) is 23.4. The van der Waals surface area contributed by atoms with E-state index in [1.165, 1.54) is 50.9 Å². The smallest absolute Gasteiger partial charge is 0.263 e. The summed E-state index contributed by atoms with van der Waals surface area (Å²) in [6, 6.07) is 17.5. The fourth-order valence-electron chi connectivity index (χ4n) is 4.62. The molecular formula is C29H22ClF2N7O4S2. The van der Waals surface area contributed by atoms with Crippen molar-refractivity contribution in [2.75, 3.05) is 24.1 Å². The standard InChI is InChI=1S/C29H22ClF2N7O4S2/c1-38(2)45(42,43)24-15-39(22-9-5-3-7-17(22)24)25-14-13-21-28(35-25)29(34-16-33-21)36-27-19(31)11-12-20(26(27)32)37-44(40,41)23-10-6-4-8-18(23)30/h3-16,37H,1-2H3,(H,33,34,36). The monoisotopic (exact) mass is 669 g/mol. The maximum Gasteiger partial charge on any atom is 0.263 e. The molecule has 0 aliphatic heterocycles. The van der Waals surface area contributed by atoms with Crippen molar-refractivity contribution in [3.05, 3.63) is 102 Å². The van der Waals surface area contributed by atoms with Gasteiger partial charge in [-0.3, -0.25) is 9.29 Å². The van der Waals surface area contributed by atoms with Crippen molar-refractivity contribution in [3.8, 4) is 5.82 Å². The fourth-order valence-corrected chi connectivity index (χ4v) is 7.29. The molecule has 0 saturated heterocycles. The van der Waals surface area contributed by atoms with Gasteiger partial charge in [-0.25, -0.2) is 44.9 Å². The molecule has 11 nitrogen and oxygen atoms in total. The molecule has 16 heteroatoms. The van der Waals surface area contributed by atoms with Crippen LogP contribution >= 0.6 is 11.6 Å². The van der Waals surface area contributed by atoms with Crippen LogP contribution in [0.3, 0.4) is 0 Å². The third-order valence-corrected chi connectivity index (χ3v) is 10.6. The van der Waals surface area contributed by atoms with E-state index < -0.39 is 43.1 Å². The van der Waals surface area contributed by atoms with Gasteiger partial charge in [-0.1, -0.05) is 41.9 Å². The van der Waals surface area contributed by atoms with E-state index in [4.69, 9.17) is 11.6 Å². The summed E-state index contributed by atoms with van der Waals surface area (Å²) < 4.78 is 87.5. The third kappa shape index (κ3) is 5.44. The Bertz CT molecular complexity index is 2350. The van der Waals surface area contributed by atoms with Crippen molar-refractivity contribution < 1.29 is 25.6 Å². The molecule has 0 fully saturated rings. The molecule has 0 amide bonds. The summed E-state index contributed by atoms with van der Waals surface area (Å²) in [5.74, 6) is -2.10. The second kappa shape index (κ2) is 11.3. The van der Waals surface area contributed by atoms with Crippen LogP contribution in [0.15, 0.2) is 95.1 Å². The number of nitrogens with one attached hydrogen (secondary N) is 2. The van der Waals surface area contributed by atoms with Gasteiger partial charge in [0, 0.05) is 25.7 Å². The van der Waals surface area contributed by atoms with Crippen LogP contribution in [0.25, 0.3) is 27.8 Å². The van der Waals surface area contributed by atoms with Gasteiger partial charge in [0.1, 0.15) is 39.0 Å². The number of fused-ring (bicyclic) bond motifs is 2. The molecule has 2 N–H and O–H groups in total. The van der Waals surface area contributed by atoms with Gasteiger partial charge in [0.15, 0.2) is 11.6 Å². The zero-order chi connectivity index (χ0) is 32.1. The van der Waals surface area contributed by atoms with Crippen LogP contribution in [-0.4, -0.2) is 54.8 Å². The first-order valence-corrected chi connectivity index (χ1v) is 16.4. The van der Waals surface area contributed by atoms with Gasteiger partial charge in [-0.15, -0.1) is 0 Å². The predicted molar refractivity (Wildman–Crippen MR) is 167 cm³/mol. The fraction of sp³-hybridized carbons (Fsp3) is 0.0690. The lowest BCUT2D eigenvalue weighted by molar-refractivity contribution is 0.521. The molecule has 0 bridgehead atoms. The Kier molecular flexibility index (Phi) is 7.64. The molecule has 0 aliphatic carbocycles. The highest BCUT2D eigenvalue weighted by Crippen LogP contribution is 2.33. The molecule has 6 aromatic rings. The molecule has 0 spiro atoms. The Balaban J connectivity index is 1.43. The van der Waals surface area contributed by atoms with Gasteiger partial charge < -0.3 is 5.32 Å². The van der Waals surface area contributed by atoms with Crippen LogP contribution in [0.1, 0.15) is 0 Å². The SMILES string of the molecule is CN(C)S(=O)(=O)c1cn(-c2ccc3ncnc(Nc4c(F)ccc(NS(=O)(=O)c5ccccc5Cl)c4F)c3n2)c2ccccc12. The van der Waals surface area contributed by atoms with Crippen LogP contribution in [0.4, 0.5) is 26.0 Å². The average Bonchev–Trinajstić information content (AvgIpc) is 3.41. The van der Waals surface area contributed by atoms with Crippen molar-refractivity contribution in [2.45, 2.75) is 9.79 Å². The Morgan fingerprint density at radius 3 is 2.36 bits per heavy atom. The normalized spacial score (nSPS) is 12.2. The molecule has 0 aliphatic rings. The van der Waals surface area contributed by atoms with Crippen molar-refractivity contribution in [3.63, 3.8) is 0 Å². The Morgan fingerprint density at radius 2 is 1.60 bits per heavy atom. The minimum atomic E-state index is -4.33. The van der Waals surface area contributed by atoms with Crippen LogP contribution in [0.2, 0.25) is 5.02 Å².